The normalized spacial score (nSPS) is 11.3. The van der Waals surface area contributed by atoms with Gasteiger partial charge in [0, 0.05) is 18.2 Å². The highest BCUT2D eigenvalue weighted by molar-refractivity contribution is 5.92. The molecular weight excluding hydrogens is 372 g/mol. The van der Waals surface area contributed by atoms with E-state index in [0.717, 1.165) is 6.08 Å². The number of aromatic amines is 1. The van der Waals surface area contributed by atoms with Gasteiger partial charge in [-0.2, -0.15) is 0 Å². The van der Waals surface area contributed by atoms with Crippen LogP contribution in [0.3, 0.4) is 0 Å². The number of nitro groups is 1. The van der Waals surface area contributed by atoms with Crippen molar-refractivity contribution in [1.82, 2.24) is 4.98 Å². The highest BCUT2D eigenvalue weighted by atomic mass is 16.6. The van der Waals surface area contributed by atoms with Crippen molar-refractivity contribution >= 4 is 24.0 Å². The van der Waals surface area contributed by atoms with E-state index in [1.54, 1.807) is 20.8 Å². The predicted octanol–water partition coefficient (Wildman–Crippen LogP) is 2.04. The minimum atomic E-state index is -0.791. The fourth-order valence-corrected chi connectivity index (χ4v) is 2.40. The van der Waals surface area contributed by atoms with Gasteiger partial charge in [0.05, 0.1) is 25.6 Å². The Labute approximate surface area is 162 Å². The average Bonchev–Trinajstić information content (AvgIpc) is 2.93. The molecule has 1 N–H and O–H groups in total. The second-order valence-electron chi connectivity index (χ2n) is 6.80. The van der Waals surface area contributed by atoms with Gasteiger partial charge in [0.25, 0.3) is 0 Å². The van der Waals surface area contributed by atoms with Crippen molar-refractivity contribution in [2.24, 2.45) is 0 Å². The highest BCUT2D eigenvalue weighted by Crippen LogP contribution is 2.26. The maximum absolute atomic E-state index is 12.6. The lowest BCUT2D eigenvalue weighted by Gasteiger charge is -2.19. The first-order valence-corrected chi connectivity index (χ1v) is 8.40. The van der Waals surface area contributed by atoms with E-state index in [-0.39, 0.29) is 30.7 Å². The van der Waals surface area contributed by atoms with Crippen LogP contribution in [-0.4, -0.2) is 47.6 Å². The van der Waals surface area contributed by atoms with E-state index in [1.807, 2.05) is 0 Å². The minimum absolute atomic E-state index is 0.0146. The Morgan fingerprint density at radius 1 is 1.11 bits per heavy atom. The van der Waals surface area contributed by atoms with Crippen molar-refractivity contribution in [2.45, 2.75) is 45.6 Å². The first-order chi connectivity index (χ1) is 13.0. The van der Waals surface area contributed by atoms with Crippen LogP contribution >= 0.6 is 0 Å². The lowest BCUT2D eigenvalue weighted by Crippen LogP contribution is -2.25. The molecule has 10 heteroatoms. The molecule has 0 aromatic carbocycles. The number of methoxy groups -OCH3 is 2. The fraction of sp³-hybridized carbons (Fsp3) is 0.500. The molecule has 0 atom stereocenters. The van der Waals surface area contributed by atoms with E-state index in [1.165, 1.54) is 14.2 Å². The molecule has 1 aromatic heterocycles. The molecule has 28 heavy (non-hydrogen) atoms. The number of hydrogen-bond donors (Lipinski definition) is 1. The third-order valence-electron chi connectivity index (χ3n) is 3.57. The number of aromatic nitrogens is 1. The summed E-state index contributed by atoms with van der Waals surface area (Å²) in [5, 5.41) is 10.7. The Hall–Kier alpha value is -3.17. The van der Waals surface area contributed by atoms with Crippen LogP contribution in [0.4, 0.5) is 0 Å². The molecule has 0 aliphatic carbocycles. The highest BCUT2D eigenvalue weighted by Gasteiger charge is 2.27. The molecule has 10 nitrogen and oxygen atoms in total. The molecule has 154 valence electrons. The summed E-state index contributed by atoms with van der Waals surface area (Å²) in [7, 11) is 2.43. The maximum Gasteiger partial charge on any atom is 0.355 e. The standard InChI is InChI=1S/C18H24N2O8/c1-18(2,3)28-17(23)16-11(6-7-14(21)26-4)12(10-15(22)27-5)13(19-16)8-9-20(24)25/h8-9,19H,6-7,10H2,1-5H3/b9-8+. The van der Waals surface area contributed by atoms with Crippen LogP contribution in [0.1, 0.15) is 54.5 Å². The molecule has 0 radical (unpaired) electrons. The summed E-state index contributed by atoms with van der Waals surface area (Å²) in [6.07, 6.45) is 1.57. The van der Waals surface area contributed by atoms with E-state index in [9.17, 15) is 24.5 Å². The van der Waals surface area contributed by atoms with Crippen molar-refractivity contribution in [1.29, 1.82) is 0 Å². The Morgan fingerprint density at radius 2 is 1.71 bits per heavy atom. The van der Waals surface area contributed by atoms with Crippen molar-refractivity contribution in [3.8, 4) is 0 Å². The van der Waals surface area contributed by atoms with Crippen molar-refractivity contribution in [3.05, 3.63) is 38.8 Å². The number of nitrogens with one attached hydrogen (secondary N) is 1. The molecule has 0 aliphatic rings. The zero-order chi connectivity index (χ0) is 21.5. The summed E-state index contributed by atoms with van der Waals surface area (Å²) in [5.41, 5.74) is 0.0626. The van der Waals surface area contributed by atoms with Gasteiger partial charge in [0.2, 0.25) is 6.20 Å². The molecule has 0 spiro atoms. The summed E-state index contributed by atoms with van der Waals surface area (Å²) in [6.45, 7) is 5.06. The summed E-state index contributed by atoms with van der Waals surface area (Å²) in [4.78, 5) is 48.8. The Balaban J connectivity index is 3.49. The zero-order valence-corrected chi connectivity index (χ0v) is 16.5. The van der Waals surface area contributed by atoms with Gasteiger partial charge in [-0.3, -0.25) is 19.7 Å². The monoisotopic (exact) mass is 396 g/mol. The summed E-state index contributed by atoms with van der Waals surface area (Å²) >= 11 is 0. The summed E-state index contributed by atoms with van der Waals surface area (Å²) < 4.78 is 14.7. The molecule has 0 unspecified atom stereocenters. The lowest BCUT2D eigenvalue weighted by molar-refractivity contribution is -0.401. The van der Waals surface area contributed by atoms with Crippen LogP contribution in [0.15, 0.2) is 6.20 Å². The van der Waals surface area contributed by atoms with E-state index < -0.39 is 28.4 Å². The summed E-state index contributed by atoms with van der Waals surface area (Å²) in [6, 6.07) is 0. The molecule has 0 amide bonds. The number of rotatable bonds is 8. The Morgan fingerprint density at radius 3 is 2.21 bits per heavy atom. The van der Waals surface area contributed by atoms with E-state index in [2.05, 4.69) is 14.5 Å². The third kappa shape index (κ3) is 6.86. The molecule has 0 bridgehead atoms. The van der Waals surface area contributed by atoms with Crippen LogP contribution in [0.25, 0.3) is 6.08 Å². The molecule has 1 rings (SSSR count). The molecule has 0 fully saturated rings. The number of carbonyl (C=O) groups is 3. The van der Waals surface area contributed by atoms with Crippen LogP contribution in [0.5, 0.6) is 0 Å². The number of esters is 3. The van der Waals surface area contributed by atoms with E-state index >= 15 is 0 Å². The Kier molecular flexibility index (Phi) is 7.90. The van der Waals surface area contributed by atoms with Gasteiger partial charge < -0.3 is 19.2 Å². The fourth-order valence-electron chi connectivity index (χ4n) is 2.40. The van der Waals surface area contributed by atoms with Gasteiger partial charge in [-0.05, 0) is 38.3 Å². The molecule has 0 saturated carbocycles. The number of ether oxygens (including phenoxy) is 3. The number of H-pyrrole nitrogens is 1. The summed E-state index contributed by atoms with van der Waals surface area (Å²) in [5.74, 6) is -1.83. The third-order valence-corrected chi connectivity index (χ3v) is 3.57. The van der Waals surface area contributed by atoms with Gasteiger partial charge in [0.1, 0.15) is 11.3 Å². The average molecular weight is 396 g/mol. The first kappa shape index (κ1) is 22.9. The van der Waals surface area contributed by atoms with Gasteiger partial charge in [-0.15, -0.1) is 0 Å². The second-order valence-corrected chi connectivity index (χ2v) is 6.80. The van der Waals surface area contributed by atoms with Crippen LogP contribution in [-0.2, 0) is 36.6 Å². The molecule has 0 aliphatic heterocycles. The number of hydrogen-bond acceptors (Lipinski definition) is 8. The van der Waals surface area contributed by atoms with Gasteiger partial charge in [0.15, 0.2) is 0 Å². The Bertz CT molecular complexity index is 786. The van der Waals surface area contributed by atoms with E-state index in [4.69, 9.17) is 4.74 Å². The van der Waals surface area contributed by atoms with Crippen LogP contribution in [0.2, 0.25) is 0 Å². The molecule has 0 saturated heterocycles. The SMILES string of the molecule is COC(=O)CCc1c(C(=O)OC(C)(C)C)[nH]c(/C=C/[N+](=O)[O-])c1CC(=O)OC. The smallest absolute Gasteiger partial charge is 0.355 e. The predicted molar refractivity (Wildman–Crippen MR) is 98.0 cm³/mol. The van der Waals surface area contributed by atoms with Gasteiger partial charge >= 0.3 is 17.9 Å². The quantitative estimate of drug-likeness (QED) is 0.305. The number of nitrogens with zero attached hydrogens (tertiary/aromatic N) is 1. The van der Waals surface area contributed by atoms with Crippen molar-refractivity contribution in [3.63, 3.8) is 0 Å². The molecular formula is C18H24N2O8. The van der Waals surface area contributed by atoms with Gasteiger partial charge in [-0.1, -0.05) is 0 Å². The lowest BCUT2D eigenvalue weighted by atomic mass is 10.0. The number of carbonyl (C=O) groups excluding carboxylic acids is 3. The molecule has 1 heterocycles. The molecule has 1 aromatic rings. The van der Waals surface area contributed by atoms with Crippen molar-refractivity contribution < 1.29 is 33.5 Å². The topological polar surface area (TPSA) is 138 Å². The second kappa shape index (κ2) is 9.67. The first-order valence-electron chi connectivity index (χ1n) is 8.40. The zero-order valence-electron chi connectivity index (χ0n) is 16.5. The van der Waals surface area contributed by atoms with E-state index in [0.29, 0.717) is 17.3 Å². The van der Waals surface area contributed by atoms with Crippen molar-refractivity contribution in [2.75, 3.05) is 14.2 Å². The van der Waals surface area contributed by atoms with Crippen LogP contribution < -0.4 is 0 Å². The maximum atomic E-state index is 12.6. The largest absolute Gasteiger partial charge is 0.469 e. The van der Waals surface area contributed by atoms with Crippen LogP contribution in [0, 0.1) is 10.1 Å². The minimum Gasteiger partial charge on any atom is -0.469 e. The van der Waals surface area contributed by atoms with Gasteiger partial charge in [-0.25, -0.2) is 4.79 Å².